The maximum absolute atomic E-state index is 15.2. The van der Waals surface area contributed by atoms with Gasteiger partial charge in [0.05, 0.1) is 35.8 Å². The first-order valence-electron chi connectivity index (χ1n) is 17.1. The number of rotatable bonds is 8. The summed E-state index contributed by atoms with van der Waals surface area (Å²) in [5.41, 5.74) is 4.44. The zero-order valence-electron chi connectivity index (χ0n) is 28.4. The van der Waals surface area contributed by atoms with Crippen LogP contribution in [-0.4, -0.2) is 75.6 Å². The standard InChI is InChI=1S/C40H43N3O5S/c1-5-48-31-18-16-29(17-19-31)41-22-10-20-39(4)32(36(41)45)33-37(46)43(30(25-44)24-28-14-7-6-8-15-28)35-38(47)42(23-11-21-40(33,35)49-39)34-26(2)12-9-13-27(34)3/h6-21,30,32-33,35,44H,5,22-25H2,1-4H3/t30-,32-,33+,35?,39+,40+/m1/s1. The number of carbonyl (C=O) groups is 3. The number of benzene rings is 3. The summed E-state index contributed by atoms with van der Waals surface area (Å²) in [6.07, 6.45) is 8.49. The van der Waals surface area contributed by atoms with E-state index >= 15 is 9.59 Å². The minimum Gasteiger partial charge on any atom is -0.494 e. The molecule has 7 rings (SSSR count). The number of aliphatic hydroxyl groups excluding tert-OH is 1. The Morgan fingerprint density at radius 1 is 0.837 bits per heavy atom. The van der Waals surface area contributed by atoms with Crippen LogP contribution in [0.4, 0.5) is 11.4 Å². The summed E-state index contributed by atoms with van der Waals surface area (Å²) < 4.78 is 3.85. The second-order valence-electron chi connectivity index (χ2n) is 13.6. The Kier molecular flexibility index (Phi) is 8.69. The van der Waals surface area contributed by atoms with Crippen LogP contribution < -0.4 is 14.5 Å². The van der Waals surface area contributed by atoms with E-state index in [2.05, 4.69) is 6.08 Å². The van der Waals surface area contributed by atoms with Crippen molar-refractivity contribution in [3.05, 3.63) is 114 Å². The van der Waals surface area contributed by atoms with Gasteiger partial charge in [-0.25, -0.2) is 0 Å². The van der Waals surface area contributed by atoms with Crippen LogP contribution in [0.5, 0.6) is 5.75 Å². The van der Waals surface area contributed by atoms with Crippen molar-refractivity contribution >= 4 is 40.9 Å². The maximum atomic E-state index is 15.2. The number of hydrogen-bond donors (Lipinski definition) is 1. The van der Waals surface area contributed by atoms with Gasteiger partial charge >= 0.3 is 0 Å². The molecule has 1 N–H and O–H groups in total. The van der Waals surface area contributed by atoms with Gasteiger partial charge in [-0.3, -0.25) is 14.4 Å². The van der Waals surface area contributed by atoms with Gasteiger partial charge < -0.3 is 24.5 Å². The number of nitrogens with zero attached hydrogens (tertiary/aromatic N) is 3. The smallest absolute Gasteiger partial charge is 0.251 e. The molecule has 0 radical (unpaired) electrons. The summed E-state index contributed by atoms with van der Waals surface area (Å²) in [4.78, 5) is 50.4. The summed E-state index contributed by atoms with van der Waals surface area (Å²) >= 11 is 1.55. The number of fused-ring (bicyclic) bond motifs is 2. The molecule has 0 aromatic heterocycles. The molecule has 9 heteroatoms. The molecule has 6 atom stereocenters. The number of likely N-dealkylation sites (tertiary alicyclic amines) is 1. The summed E-state index contributed by atoms with van der Waals surface area (Å²) in [6, 6.07) is 21.6. The molecule has 3 aromatic carbocycles. The third kappa shape index (κ3) is 5.38. The van der Waals surface area contributed by atoms with E-state index in [1.807, 2.05) is 119 Å². The van der Waals surface area contributed by atoms with Gasteiger partial charge in [0, 0.05) is 29.2 Å². The van der Waals surface area contributed by atoms with Gasteiger partial charge in [-0.2, -0.15) is 0 Å². The molecular formula is C40H43N3O5S. The van der Waals surface area contributed by atoms with E-state index in [0.717, 1.165) is 33.8 Å². The number of thioether (sulfide) groups is 1. The van der Waals surface area contributed by atoms with Gasteiger partial charge in [-0.15, -0.1) is 11.8 Å². The molecule has 2 fully saturated rings. The van der Waals surface area contributed by atoms with Crippen LogP contribution in [-0.2, 0) is 20.8 Å². The van der Waals surface area contributed by atoms with Crippen molar-refractivity contribution in [1.82, 2.24) is 4.90 Å². The summed E-state index contributed by atoms with van der Waals surface area (Å²) in [6.45, 7) is 8.86. The van der Waals surface area contributed by atoms with Gasteiger partial charge in [0.25, 0.3) is 5.91 Å². The van der Waals surface area contributed by atoms with Gasteiger partial charge in [-0.1, -0.05) is 72.8 Å². The minimum absolute atomic E-state index is 0.153. The Labute approximate surface area is 292 Å². The van der Waals surface area contributed by atoms with Crippen LogP contribution in [0.25, 0.3) is 0 Å². The second kappa shape index (κ2) is 12.8. The fraction of sp³-hybridized carbons (Fsp3) is 0.375. The van der Waals surface area contributed by atoms with Gasteiger partial charge in [0.2, 0.25) is 11.8 Å². The van der Waals surface area contributed by atoms with Crippen LogP contribution in [0, 0.1) is 25.7 Å². The predicted molar refractivity (Wildman–Crippen MR) is 194 cm³/mol. The van der Waals surface area contributed by atoms with Crippen molar-refractivity contribution in [2.24, 2.45) is 11.8 Å². The molecule has 3 amide bonds. The van der Waals surface area contributed by atoms with E-state index in [4.69, 9.17) is 4.74 Å². The number of amides is 3. The largest absolute Gasteiger partial charge is 0.494 e. The van der Waals surface area contributed by atoms with E-state index in [1.54, 1.807) is 26.5 Å². The fourth-order valence-corrected chi connectivity index (χ4v) is 10.7. The number of carbonyl (C=O) groups excluding carboxylic acids is 3. The highest BCUT2D eigenvalue weighted by atomic mass is 32.2. The first-order chi connectivity index (χ1) is 23.6. The molecule has 0 bridgehead atoms. The number of ether oxygens (including phenoxy) is 1. The van der Waals surface area contributed by atoms with Crippen LogP contribution >= 0.6 is 11.8 Å². The van der Waals surface area contributed by atoms with Crippen molar-refractivity contribution in [2.75, 3.05) is 36.1 Å². The third-order valence-corrected chi connectivity index (χ3v) is 12.4. The van der Waals surface area contributed by atoms with Crippen molar-refractivity contribution in [3.63, 3.8) is 0 Å². The van der Waals surface area contributed by atoms with Crippen LogP contribution in [0.2, 0.25) is 0 Å². The SMILES string of the molecule is CCOc1ccc(N2CC=C[C@]3(C)S[C@]45C=CCN(c6c(C)cccc6C)C(=O)C4N([C@@H](CO)Cc4ccccc4)C(=O)[C@@H]5[C@@H]3C2=O)cc1. The quantitative estimate of drug-likeness (QED) is 0.317. The molecule has 0 saturated carbocycles. The molecule has 2 saturated heterocycles. The molecule has 0 aliphatic carbocycles. The summed E-state index contributed by atoms with van der Waals surface area (Å²) in [5.74, 6) is -1.47. The van der Waals surface area contributed by atoms with Crippen molar-refractivity contribution < 1.29 is 24.2 Å². The van der Waals surface area contributed by atoms with E-state index in [-0.39, 0.29) is 24.3 Å². The van der Waals surface area contributed by atoms with Gasteiger partial charge in [0.1, 0.15) is 11.8 Å². The summed E-state index contributed by atoms with van der Waals surface area (Å²) in [5, 5.41) is 10.9. The van der Waals surface area contributed by atoms with Crippen molar-refractivity contribution in [3.8, 4) is 5.75 Å². The monoisotopic (exact) mass is 677 g/mol. The first-order valence-corrected chi connectivity index (χ1v) is 17.9. The third-order valence-electron chi connectivity index (χ3n) is 10.6. The van der Waals surface area contributed by atoms with E-state index in [0.29, 0.717) is 26.1 Å². The number of anilines is 2. The van der Waals surface area contributed by atoms with E-state index < -0.39 is 33.4 Å². The highest BCUT2D eigenvalue weighted by Gasteiger charge is 2.74. The zero-order valence-corrected chi connectivity index (χ0v) is 29.2. The normalized spacial score (nSPS) is 28.2. The molecule has 4 aliphatic rings. The lowest BCUT2D eigenvalue weighted by Gasteiger charge is -2.40. The van der Waals surface area contributed by atoms with Crippen LogP contribution in [0.15, 0.2) is 97.1 Å². The Bertz CT molecular complexity index is 1810. The molecule has 1 spiro atoms. The number of aliphatic hydroxyl groups is 1. The molecule has 3 aromatic rings. The molecule has 4 heterocycles. The number of hydrogen-bond acceptors (Lipinski definition) is 6. The van der Waals surface area contributed by atoms with Gasteiger partial charge in [-0.05, 0) is 75.1 Å². The fourth-order valence-electron chi connectivity index (χ4n) is 8.54. The maximum Gasteiger partial charge on any atom is 0.251 e. The van der Waals surface area contributed by atoms with E-state index in [9.17, 15) is 9.90 Å². The highest BCUT2D eigenvalue weighted by molar-refractivity contribution is 8.02. The van der Waals surface area contributed by atoms with Crippen molar-refractivity contribution in [2.45, 2.75) is 55.7 Å². The Balaban J connectivity index is 1.36. The number of aryl methyl sites for hydroxylation is 2. The Morgan fingerprint density at radius 3 is 2.18 bits per heavy atom. The van der Waals surface area contributed by atoms with Gasteiger partial charge in [0.15, 0.2) is 0 Å². The topological polar surface area (TPSA) is 90.4 Å². The first kappa shape index (κ1) is 33.2. The highest BCUT2D eigenvalue weighted by Crippen LogP contribution is 2.66. The van der Waals surface area contributed by atoms with Crippen LogP contribution in [0.1, 0.15) is 30.5 Å². The molecule has 254 valence electrons. The zero-order chi connectivity index (χ0) is 34.5. The average molecular weight is 678 g/mol. The second-order valence-corrected chi connectivity index (χ2v) is 15.4. The lowest BCUT2D eigenvalue weighted by Crippen LogP contribution is -2.57. The Hall–Kier alpha value is -4.34. The molecule has 1 unspecified atom stereocenters. The average Bonchev–Trinajstić information content (AvgIpc) is 3.37. The molecular weight excluding hydrogens is 635 g/mol. The molecule has 49 heavy (non-hydrogen) atoms. The summed E-state index contributed by atoms with van der Waals surface area (Å²) in [7, 11) is 0. The van der Waals surface area contributed by atoms with E-state index in [1.165, 1.54) is 0 Å². The molecule has 8 nitrogen and oxygen atoms in total. The number of para-hydroxylation sites is 1. The van der Waals surface area contributed by atoms with Crippen molar-refractivity contribution in [1.29, 1.82) is 0 Å². The minimum atomic E-state index is -1.04. The van der Waals surface area contributed by atoms with Crippen LogP contribution in [0.3, 0.4) is 0 Å². The lowest BCUT2D eigenvalue weighted by molar-refractivity contribution is -0.142. The lowest BCUT2D eigenvalue weighted by atomic mass is 9.74. The Morgan fingerprint density at radius 2 is 1.51 bits per heavy atom. The predicted octanol–water partition coefficient (Wildman–Crippen LogP) is 5.50. The molecule has 4 aliphatic heterocycles.